The van der Waals surface area contributed by atoms with E-state index in [1.54, 1.807) is 0 Å². The van der Waals surface area contributed by atoms with E-state index in [1.807, 2.05) is 24.3 Å². The summed E-state index contributed by atoms with van der Waals surface area (Å²) in [7, 11) is 0. The fourth-order valence-corrected chi connectivity index (χ4v) is 3.86. The molecular weight excluding hydrogens is 294 g/mol. The first kappa shape index (κ1) is 18.8. The van der Waals surface area contributed by atoms with E-state index >= 15 is 0 Å². The SMILES string of the molecule is CCCCCC[C@H]1CC[C@H](CCCOc2ccc(C#N)cc2)CC1. The average Bonchev–Trinajstić information content (AvgIpc) is 2.64. The second kappa shape index (κ2) is 11.1. The topological polar surface area (TPSA) is 33.0 Å². The molecule has 2 heteroatoms. The van der Waals surface area contributed by atoms with E-state index in [1.165, 1.54) is 64.2 Å². The number of unbranched alkanes of at least 4 members (excludes halogenated alkanes) is 3. The molecule has 1 aliphatic rings. The summed E-state index contributed by atoms with van der Waals surface area (Å²) >= 11 is 0. The van der Waals surface area contributed by atoms with Crippen LogP contribution in [0.5, 0.6) is 5.75 Å². The number of ether oxygens (including phenoxy) is 1. The molecule has 132 valence electrons. The Balaban J connectivity index is 1.52. The largest absolute Gasteiger partial charge is 0.494 e. The molecule has 0 aliphatic heterocycles. The van der Waals surface area contributed by atoms with Crippen molar-refractivity contribution in [3.63, 3.8) is 0 Å². The van der Waals surface area contributed by atoms with Crippen LogP contribution in [0.1, 0.15) is 83.1 Å². The summed E-state index contributed by atoms with van der Waals surface area (Å²) in [6, 6.07) is 9.55. The van der Waals surface area contributed by atoms with E-state index in [0.29, 0.717) is 5.56 Å². The maximum absolute atomic E-state index is 8.79. The zero-order chi connectivity index (χ0) is 17.0. The van der Waals surface area contributed by atoms with E-state index in [-0.39, 0.29) is 0 Å². The minimum Gasteiger partial charge on any atom is -0.494 e. The molecule has 1 saturated carbocycles. The van der Waals surface area contributed by atoms with Crippen LogP contribution in [0.25, 0.3) is 0 Å². The summed E-state index contributed by atoms with van der Waals surface area (Å²) in [4.78, 5) is 0. The molecule has 1 aromatic rings. The minimum atomic E-state index is 0.689. The molecule has 0 N–H and O–H groups in total. The molecule has 2 nitrogen and oxygen atoms in total. The van der Waals surface area contributed by atoms with Gasteiger partial charge in [-0.1, -0.05) is 64.7 Å². The quantitative estimate of drug-likeness (QED) is 0.460. The molecule has 1 fully saturated rings. The number of hydrogen-bond acceptors (Lipinski definition) is 2. The maximum Gasteiger partial charge on any atom is 0.119 e. The van der Waals surface area contributed by atoms with E-state index < -0.39 is 0 Å². The summed E-state index contributed by atoms with van der Waals surface area (Å²) in [6.45, 7) is 3.08. The normalized spacial score (nSPS) is 20.5. The van der Waals surface area contributed by atoms with Crippen LogP contribution in [0.4, 0.5) is 0 Å². The zero-order valence-corrected chi connectivity index (χ0v) is 15.3. The van der Waals surface area contributed by atoms with Gasteiger partial charge in [-0.25, -0.2) is 0 Å². The highest BCUT2D eigenvalue weighted by atomic mass is 16.5. The van der Waals surface area contributed by atoms with E-state index in [4.69, 9.17) is 10.00 Å². The summed E-state index contributed by atoms with van der Waals surface area (Å²) in [6.07, 6.45) is 15.3. The molecule has 0 aromatic heterocycles. The molecule has 0 amide bonds. The van der Waals surface area contributed by atoms with E-state index in [9.17, 15) is 0 Å². The monoisotopic (exact) mass is 327 g/mol. The lowest BCUT2D eigenvalue weighted by Gasteiger charge is -2.28. The van der Waals surface area contributed by atoms with Crippen LogP contribution in [-0.4, -0.2) is 6.61 Å². The number of rotatable bonds is 10. The molecule has 0 saturated heterocycles. The van der Waals surface area contributed by atoms with Crippen LogP contribution in [0.2, 0.25) is 0 Å². The first-order chi connectivity index (χ1) is 11.8. The Morgan fingerprint density at radius 1 is 0.917 bits per heavy atom. The van der Waals surface area contributed by atoms with Gasteiger partial charge in [0.15, 0.2) is 0 Å². The van der Waals surface area contributed by atoms with Gasteiger partial charge >= 0.3 is 0 Å². The van der Waals surface area contributed by atoms with Crippen molar-refractivity contribution in [3.05, 3.63) is 29.8 Å². The Morgan fingerprint density at radius 2 is 1.54 bits per heavy atom. The zero-order valence-electron chi connectivity index (χ0n) is 15.3. The highest BCUT2D eigenvalue weighted by Crippen LogP contribution is 2.34. The third kappa shape index (κ3) is 6.95. The highest BCUT2D eigenvalue weighted by molar-refractivity contribution is 5.34. The van der Waals surface area contributed by atoms with Crippen molar-refractivity contribution in [2.24, 2.45) is 11.8 Å². The van der Waals surface area contributed by atoms with Crippen LogP contribution in [0, 0.1) is 23.2 Å². The predicted molar refractivity (Wildman–Crippen MR) is 100 cm³/mol. The number of hydrogen-bond donors (Lipinski definition) is 0. The minimum absolute atomic E-state index is 0.689. The molecule has 1 aromatic carbocycles. The number of benzene rings is 1. The van der Waals surface area contributed by atoms with Gasteiger partial charge in [0, 0.05) is 0 Å². The van der Waals surface area contributed by atoms with Crippen LogP contribution in [-0.2, 0) is 0 Å². The molecule has 0 spiro atoms. The molecule has 0 heterocycles. The predicted octanol–water partition coefficient (Wildman–Crippen LogP) is 6.49. The Kier molecular flexibility index (Phi) is 8.74. The van der Waals surface area contributed by atoms with Gasteiger partial charge in [0.2, 0.25) is 0 Å². The summed E-state index contributed by atoms with van der Waals surface area (Å²) in [5.41, 5.74) is 0.689. The summed E-state index contributed by atoms with van der Waals surface area (Å²) < 4.78 is 5.78. The van der Waals surface area contributed by atoms with Gasteiger partial charge in [0.1, 0.15) is 5.75 Å². The van der Waals surface area contributed by atoms with Crippen molar-refractivity contribution in [1.29, 1.82) is 5.26 Å². The summed E-state index contributed by atoms with van der Waals surface area (Å²) in [5, 5.41) is 8.79. The first-order valence-electron chi connectivity index (χ1n) is 9.94. The highest BCUT2D eigenvalue weighted by Gasteiger charge is 2.20. The van der Waals surface area contributed by atoms with Crippen molar-refractivity contribution >= 4 is 0 Å². The third-order valence-corrected chi connectivity index (χ3v) is 5.44. The van der Waals surface area contributed by atoms with Crippen LogP contribution >= 0.6 is 0 Å². The summed E-state index contributed by atoms with van der Waals surface area (Å²) in [5.74, 6) is 2.80. The van der Waals surface area contributed by atoms with E-state index in [0.717, 1.165) is 30.6 Å². The molecule has 0 bridgehead atoms. The Bertz CT molecular complexity index is 480. The van der Waals surface area contributed by atoms with Gasteiger partial charge < -0.3 is 4.74 Å². The van der Waals surface area contributed by atoms with Crippen LogP contribution in [0.3, 0.4) is 0 Å². The smallest absolute Gasteiger partial charge is 0.119 e. The van der Waals surface area contributed by atoms with Crippen molar-refractivity contribution < 1.29 is 4.74 Å². The van der Waals surface area contributed by atoms with Gasteiger partial charge in [-0.15, -0.1) is 0 Å². The lowest BCUT2D eigenvalue weighted by Crippen LogP contribution is -2.15. The van der Waals surface area contributed by atoms with Gasteiger partial charge in [-0.3, -0.25) is 0 Å². The van der Waals surface area contributed by atoms with Crippen molar-refractivity contribution in [1.82, 2.24) is 0 Å². The molecule has 2 rings (SSSR count). The first-order valence-corrected chi connectivity index (χ1v) is 9.94. The Morgan fingerprint density at radius 3 is 2.12 bits per heavy atom. The number of nitrogens with zero attached hydrogens (tertiary/aromatic N) is 1. The fourth-order valence-electron chi connectivity index (χ4n) is 3.86. The lowest BCUT2D eigenvalue weighted by molar-refractivity contribution is 0.228. The van der Waals surface area contributed by atoms with Crippen LogP contribution < -0.4 is 4.74 Å². The van der Waals surface area contributed by atoms with Crippen molar-refractivity contribution in [2.45, 2.75) is 77.6 Å². The Labute approximate surface area is 148 Å². The van der Waals surface area contributed by atoms with Crippen LogP contribution in [0.15, 0.2) is 24.3 Å². The van der Waals surface area contributed by atoms with Gasteiger partial charge in [0.25, 0.3) is 0 Å². The van der Waals surface area contributed by atoms with E-state index in [2.05, 4.69) is 13.0 Å². The molecule has 0 atom stereocenters. The maximum atomic E-state index is 8.79. The Hall–Kier alpha value is -1.49. The molecule has 0 radical (unpaired) electrons. The molecule has 0 unspecified atom stereocenters. The molecular formula is C22H33NO. The molecule has 1 aliphatic carbocycles. The van der Waals surface area contributed by atoms with Crippen molar-refractivity contribution in [2.75, 3.05) is 6.61 Å². The second-order valence-corrected chi connectivity index (χ2v) is 7.36. The van der Waals surface area contributed by atoms with Gasteiger partial charge in [-0.05, 0) is 48.9 Å². The second-order valence-electron chi connectivity index (χ2n) is 7.36. The number of nitriles is 1. The van der Waals surface area contributed by atoms with Gasteiger partial charge in [-0.2, -0.15) is 5.26 Å². The average molecular weight is 328 g/mol. The fraction of sp³-hybridized carbons (Fsp3) is 0.682. The molecule has 24 heavy (non-hydrogen) atoms. The standard InChI is InChI=1S/C22H33NO/c1-2-3-4-5-7-19-9-11-20(12-10-19)8-6-17-24-22-15-13-21(18-23)14-16-22/h13-16,19-20H,2-12,17H2,1H3/t19-,20-. The lowest BCUT2D eigenvalue weighted by atomic mass is 9.78. The van der Waals surface area contributed by atoms with Crippen molar-refractivity contribution in [3.8, 4) is 11.8 Å². The third-order valence-electron chi connectivity index (χ3n) is 5.44. The van der Waals surface area contributed by atoms with Gasteiger partial charge in [0.05, 0.1) is 18.2 Å².